The fourth-order valence-corrected chi connectivity index (χ4v) is 1.29. The highest BCUT2D eigenvalue weighted by Crippen LogP contribution is 2.10. The Kier molecular flexibility index (Phi) is 9.34. The SMILES string of the molecule is C=C(CCCCNCCF)NC(=C)/C(F)=C\C. The van der Waals surface area contributed by atoms with E-state index in [4.69, 9.17) is 0 Å². The van der Waals surface area contributed by atoms with E-state index < -0.39 is 0 Å². The summed E-state index contributed by atoms with van der Waals surface area (Å²) in [5, 5.41) is 5.79. The molecule has 0 aromatic carbocycles. The molecule has 0 saturated carbocycles. The lowest BCUT2D eigenvalue weighted by atomic mass is 10.2. The minimum Gasteiger partial charge on any atom is -0.358 e. The van der Waals surface area contributed by atoms with Gasteiger partial charge >= 0.3 is 0 Å². The van der Waals surface area contributed by atoms with Crippen molar-refractivity contribution in [1.82, 2.24) is 10.6 Å². The normalized spacial score (nSPS) is 11.4. The van der Waals surface area contributed by atoms with E-state index >= 15 is 0 Å². The van der Waals surface area contributed by atoms with Gasteiger partial charge in [0.2, 0.25) is 0 Å². The molecule has 0 amide bonds. The standard InChI is InChI=1S/C13H22F2N2/c1-4-13(15)12(3)17-11(2)7-5-6-9-16-10-8-14/h4,16-17H,2-3,5-10H2,1H3/b13-4+. The molecule has 0 heterocycles. The molecule has 0 bridgehead atoms. The van der Waals surface area contributed by atoms with Crippen LogP contribution < -0.4 is 10.6 Å². The Balaban J connectivity index is 3.57. The third kappa shape index (κ3) is 8.63. The quantitative estimate of drug-likeness (QED) is 0.455. The molecule has 0 aliphatic rings. The van der Waals surface area contributed by atoms with E-state index in [0.717, 1.165) is 31.5 Å². The van der Waals surface area contributed by atoms with Gasteiger partial charge in [-0.1, -0.05) is 13.2 Å². The summed E-state index contributed by atoms with van der Waals surface area (Å²) in [6, 6.07) is 0. The molecule has 0 unspecified atom stereocenters. The van der Waals surface area contributed by atoms with E-state index in [1.165, 1.54) is 6.08 Å². The van der Waals surface area contributed by atoms with Gasteiger partial charge in [-0.25, -0.2) is 8.78 Å². The summed E-state index contributed by atoms with van der Waals surface area (Å²) in [5.41, 5.74) is 0.991. The summed E-state index contributed by atoms with van der Waals surface area (Å²) in [4.78, 5) is 0. The Labute approximate surface area is 102 Å². The number of allylic oxidation sites excluding steroid dienone is 3. The molecule has 0 aliphatic heterocycles. The molecule has 0 fully saturated rings. The van der Waals surface area contributed by atoms with Gasteiger partial charge in [-0.05, 0) is 38.8 Å². The lowest BCUT2D eigenvalue weighted by Gasteiger charge is -2.10. The first-order valence-corrected chi connectivity index (χ1v) is 5.84. The van der Waals surface area contributed by atoms with Crippen LogP contribution in [0.2, 0.25) is 0 Å². The lowest BCUT2D eigenvalue weighted by molar-refractivity contribution is 0.463. The number of nitrogens with one attached hydrogen (secondary N) is 2. The van der Waals surface area contributed by atoms with Gasteiger partial charge in [-0.2, -0.15) is 0 Å². The van der Waals surface area contributed by atoms with Crippen molar-refractivity contribution in [3.05, 3.63) is 36.5 Å². The third-order valence-electron chi connectivity index (χ3n) is 2.22. The van der Waals surface area contributed by atoms with E-state index in [-0.39, 0.29) is 18.2 Å². The maximum atomic E-state index is 13.0. The molecule has 17 heavy (non-hydrogen) atoms. The Bertz CT molecular complexity index is 273. The topological polar surface area (TPSA) is 24.1 Å². The molecule has 0 aliphatic carbocycles. The minimum absolute atomic E-state index is 0.244. The van der Waals surface area contributed by atoms with Gasteiger partial charge < -0.3 is 10.6 Å². The monoisotopic (exact) mass is 244 g/mol. The molecule has 0 atom stereocenters. The summed E-state index contributed by atoms with van der Waals surface area (Å²) >= 11 is 0. The maximum absolute atomic E-state index is 13.0. The second-order valence-corrected chi connectivity index (χ2v) is 3.74. The fourth-order valence-electron chi connectivity index (χ4n) is 1.29. The maximum Gasteiger partial charge on any atom is 0.141 e. The van der Waals surface area contributed by atoms with Gasteiger partial charge in [0.05, 0.1) is 5.70 Å². The Morgan fingerprint density at radius 2 is 1.94 bits per heavy atom. The van der Waals surface area contributed by atoms with Crippen LogP contribution in [0.3, 0.4) is 0 Å². The Morgan fingerprint density at radius 3 is 2.53 bits per heavy atom. The highest BCUT2D eigenvalue weighted by Gasteiger charge is 2.01. The first kappa shape index (κ1) is 15.8. The Morgan fingerprint density at radius 1 is 1.24 bits per heavy atom. The van der Waals surface area contributed by atoms with Gasteiger partial charge in [0.1, 0.15) is 12.5 Å². The zero-order chi connectivity index (χ0) is 13.1. The molecule has 0 aromatic heterocycles. The number of hydrogen-bond acceptors (Lipinski definition) is 2. The summed E-state index contributed by atoms with van der Waals surface area (Å²) < 4.78 is 24.8. The van der Waals surface area contributed by atoms with E-state index in [0.29, 0.717) is 6.54 Å². The summed E-state index contributed by atoms with van der Waals surface area (Å²) in [6.45, 7) is 9.84. The third-order valence-corrected chi connectivity index (χ3v) is 2.22. The smallest absolute Gasteiger partial charge is 0.141 e. The van der Waals surface area contributed by atoms with Crippen LogP contribution in [0.4, 0.5) is 8.78 Å². The second-order valence-electron chi connectivity index (χ2n) is 3.74. The zero-order valence-corrected chi connectivity index (χ0v) is 10.5. The number of rotatable bonds is 10. The first-order chi connectivity index (χ1) is 8.11. The highest BCUT2D eigenvalue weighted by atomic mass is 19.1. The average Bonchev–Trinajstić information content (AvgIpc) is 2.32. The van der Waals surface area contributed by atoms with Gasteiger partial charge in [0, 0.05) is 12.2 Å². The average molecular weight is 244 g/mol. The summed E-state index contributed by atoms with van der Waals surface area (Å²) in [5.74, 6) is -0.365. The molecule has 98 valence electrons. The number of halogens is 2. The highest BCUT2D eigenvalue weighted by molar-refractivity contribution is 5.22. The van der Waals surface area contributed by atoms with E-state index in [1.54, 1.807) is 6.92 Å². The zero-order valence-electron chi connectivity index (χ0n) is 10.5. The van der Waals surface area contributed by atoms with Crippen molar-refractivity contribution in [1.29, 1.82) is 0 Å². The van der Waals surface area contributed by atoms with E-state index in [9.17, 15) is 8.78 Å². The molecular weight excluding hydrogens is 222 g/mol. The van der Waals surface area contributed by atoms with Crippen molar-refractivity contribution in [3.63, 3.8) is 0 Å². The molecular formula is C13H22F2N2. The van der Waals surface area contributed by atoms with Crippen LogP contribution in [0.5, 0.6) is 0 Å². The van der Waals surface area contributed by atoms with Crippen LogP contribution in [-0.4, -0.2) is 19.8 Å². The predicted octanol–water partition coefficient (Wildman–Crippen LogP) is 3.21. The number of hydrogen-bond donors (Lipinski definition) is 2. The largest absolute Gasteiger partial charge is 0.358 e. The predicted molar refractivity (Wildman–Crippen MR) is 69.0 cm³/mol. The van der Waals surface area contributed by atoms with Crippen LogP contribution >= 0.6 is 0 Å². The van der Waals surface area contributed by atoms with Gasteiger partial charge in [0.15, 0.2) is 0 Å². The number of alkyl halides is 1. The van der Waals surface area contributed by atoms with Crippen molar-refractivity contribution in [2.75, 3.05) is 19.8 Å². The molecule has 0 aromatic rings. The van der Waals surface area contributed by atoms with Crippen LogP contribution in [0.15, 0.2) is 36.5 Å². The van der Waals surface area contributed by atoms with Crippen molar-refractivity contribution in [2.24, 2.45) is 0 Å². The molecule has 2 nitrogen and oxygen atoms in total. The molecule has 0 spiro atoms. The minimum atomic E-state index is -0.365. The van der Waals surface area contributed by atoms with Gasteiger partial charge in [-0.3, -0.25) is 0 Å². The van der Waals surface area contributed by atoms with Gasteiger partial charge in [-0.15, -0.1) is 0 Å². The van der Waals surface area contributed by atoms with Gasteiger partial charge in [0.25, 0.3) is 0 Å². The van der Waals surface area contributed by atoms with Crippen molar-refractivity contribution < 1.29 is 8.78 Å². The van der Waals surface area contributed by atoms with E-state index in [2.05, 4.69) is 23.8 Å². The summed E-state index contributed by atoms with van der Waals surface area (Å²) in [7, 11) is 0. The second kappa shape index (κ2) is 10.0. The molecule has 2 N–H and O–H groups in total. The lowest BCUT2D eigenvalue weighted by Crippen LogP contribution is -2.18. The fraction of sp³-hybridized carbons (Fsp3) is 0.538. The van der Waals surface area contributed by atoms with Crippen LogP contribution in [0.1, 0.15) is 26.2 Å². The van der Waals surface area contributed by atoms with E-state index in [1.807, 2.05) is 0 Å². The molecule has 0 saturated heterocycles. The molecule has 0 radical (unpaired) electrons. The van der Waals surface area contributed by atoms with Crippen molar-refractivity contribution in [2.45, 2.75) is 26.2 Å². The van der Waals surface area contributed by atoms with Crippen LogP contribution in [0, 0.1) is 0 Å². The van der Waals surface area contributed by atoms with Crippen molar-refractivity contribution >= 4 is 0 Å². The van der Waals surface area contributed by atoms with Crippen LogP contribution in [-0.2, 0) is 0 Å². The molecule has 0 rings (SSSR count). The van der Waals surface area contributed by atoms with Crippen molar-refractivity contribution in [3.8, 4) is 0 Å². The van der Waals surface area contributed by atoms with Crippen LogP contribution in [0.25, 0.3) is 0 Å². The summed E-state index contributed by atoms with van der Waals surface area (Å²) in [6.07, 6.45) is 3.98. The first-order valence-electron chi connectivity index (χ1n) is 5.84. The molecule has 4 heteroatoms. The number of unbranched alkanes of at least 4 members (excludes halogenated alkanes) is 1. The Hall–Kier alpha value is -1.16.